The number of thiazole rings is 1. The van der Waals surface area contributed by atoms with Gasteiger partial charge in [-0.15, -0.1) is 11.3 Å². The van der Waals surface area contributed by atoms with E-state index in [0.29, 0.717) is 11.6 Å². The van der Waals surface area contributed by atoms with Gasteiger partial charge >= 0.3 is 6.18 Å². The SMILES string of the molecule is O=C(CNc1ncnc2ccc(C(F)(F)F)cc12)NC1CN(C2CCC(C(O)c3cncs3)CC2)C1. The smallest absolute Gasteiger partial charge is 0.387 e. The molecular formula is C24H27F3N6O2S. The number of carbonyl (C=O) groups excluding carboxylic acids is 1. The quantitative estimate of drug-likeness (QED) is 0.437. The number of amides is 1. The molecule has 8 nitrogen and oxygen atoms in total. The van der Waals surface area contributed by atoms with E-state index in [-0.39, 0.29) is 35.6 Å². The molecule has 192 valence electrons. The van der Waals surface area contributed by atoms with Crippen molar-refractivity contribution < 1.29 is 23.1 Å². The van der Waals surface area contributed by atoms with Crippen LogP contribution in [0.1, 0.15) is 42.2 Å². The number of rotatable bonds is 7. The van der Waals surface area contributed by atoms with Gasteiger partial charge in [-0.3, -0.25) is 14.7 Å². The predicted molar refractivity (Wildman–Crippen MR) is 129 cm³/mol. The number of benzene rings is 1. The predicted octanol–water partition coefficient (Wildman–Crippen LogP) is 3.61. The molecule has 36 heavy (non-hydrogen) atoms. The molecule has 1 unspecified atom stereocenters. The molecule has 2 aromatic heterocycles. The fraction of sp³-hybridized carbons (Fsp3) is 0.500. The van der Waals surface area contributed by atoms with Crippen molar-refractivity contribution in [2.75, 3.05) is 25.0 Å². The first-order chi connectivity index (χ1) is 17.3. The van der Waals surface area contributed by atoms with Crippen molar-refractivity contribution >= 4 is 34.0 Å². The van der Waals surface area contributed by atoms with E-state index in [1.54, 1.807) is 11.7 Å². The topological polar surface area (TPSA) is 103 Å². The van der Waals surface area contributed by atoms with E-state index in [0.717, 1.165) is 55.8 Å². The van der Waals surface area contributed by atoms with Gasteiger partial charge in [-0.2, -0.15) is 13.2 Å². The summed E-state index contributed by atoms with van der Waals surface area (Å²) in [6.07, 6.45) is 2.04. The van der Waals surface area contributed by atoms with E-state index in [4.69, 9.17) is 0 Å². The summed E-state index contributed by atoms with van der Waals surface area (Å²) in [4.78, 5) is 27.8. The standard InChI is InChI=1S/C24H27F3N6O2S/c25-24(26,27)15-3-6-19-18(7-15)23(31-12-30-19)29-9-21(34)32-16-10-33(11-16)17-4-1-14(2-5-17)22(35)20-8-28-13-36-20/h3,6-8,12-14,16-17,22,35H,1-2,4-5,9-11H2,(H,32,34)(H,29,30,31). The number of halogens is 3. The van der Waals surface area contributed by atoms with E-state index in [1.165, 1.54) is 23.7 Å². The first-order valence-corrected chi connectivity index (χ1v) is 12.8. The van der Waals surface area contributed by atoms with E-state index in [9.17, 15) is 23.1 Å². The number of likely N-dealkylation sites (tertiary alicyclic amines) is 1. The summed E-state index contributed by atoms with van der Waals surface area (Å²) in [5, 5.41) is 16.6. The van der Waals surface area contributed by atoms with Crippen LogP contribution in [0.3, 0.4) is 0 Å². The Morgan fingerprint density at radius 2 is 1.97 bits per heavy atom. The summed E-state index contributed by atoms with van der Waals surface area (Å²) >= 11 is 1.49. The number of fused-ring (bicyclic) bond motifs is 1. The molecule has 1 amide bonds. The lowest BCUT2D eigenvalue weighted by Gasteiger charge is -2.47. The maximum Gasteiger partial charge on any atom is 0.416 e. The Morgan fingerprint density at radius 1 is 1.19 bits per heavy atom. The van der Waals surface area contributed by atoms with Gasteiger partial charge in [-0.1, -0.05) is 0 Å². The Labute approximate surface area is 210 Å². The van der Waals surface area contributed by atoms with Gasteiger partial charge in [0, 0.05) is 30.7 Å². The number of anilines is 1. The van der Waals surface area contributed by atoms with Crippen molar-refractivity contribution in [1.29, 1.82) is 0 Å². The van der Waals surface area contributed by atoms with Crippen LogP contribution >= 0.6 is 11.3 Å². The van der Waals surface area contributed by atoms with Gasteiger partial charge in [-0.05, 0) is 49.8 Å². The summed E-state index contributed by atoms with van der Waals surface area (Å²) in [5.74, 6) is 0.207. The molecular weight excluding hydrogens is 493 g/mol. The van der Waals surface area contributed by atoms with Crippen LogP contribution in [0, 0.1) is 5.92 Å². The zero-order valence-corrected chi connectivity index (χ0v) is 20.2. The van der Waals surface area contributed by atoms with Crippen molar-refractivity contribution in [2.24, 2.45) is 5.92 Å². The summed E-state index contributed by atoms with van der Waals surface area (Å²) in [7, 11) is 0. The second-order valence-electron chi connectivity index (χ2n) is 9.44. The maximum atomic E-state index is 13.1. The summed E-state index contributed by atoms with van der Waals surface area (Å²) in [6.45, 7) is 1.44. The van der Waals surface area contributed by atoms with Crippen LogP contribution in [-0.2, 0) is 11.0 Å². The highest BCUT2D eigenvalue weighted by molar-refractivity contribution is 7.09. The molecule has 12 heteroatoms. The highest BCUT2D eigenvalue weighted by Gasteiger charge is 2.37. The average molecular weight is 521 g/mol. The van der Waals surface area contributed by atoms with Crippen molar-refractivity contribution in [3.8, 4) is 0 Å². The Balaban J connectivity index is 1.07. The number of hydrogen-bond acceptors (Lipinski definition) is 8. The van der Waals surface area contributed by atoms with Crippen molar-refractivity contribution in [2.45, 2.75) is 50.0 Å². The Hall–Kier alpha value is -2.83. The molecule has 3 aromatic rings. The monoisotopic (exact) mass is 520 g/mol. The minimum atomic E-state index is -4.48. The van der Waals surface area contributed by atoms with Crippen LogP contribution in [-0.4, -0.2) is 62.6 Å². The molecule has 2 aliphatic rings. The molecule has 1 atom stereocenters. The number of aliphatic hydroxyl groups is 1. The van der Waals surface area contributed by atoms with E-state index >= 15 is 0 Å². The van der Waals surface area contributed by atoms with Crippen LogP contribution in [0.2, 0.25) is 0 Å². The molecule has 0 bridgehead atoms. The number of nitrogens with zero attached hydrogens (tertiary/aromatic N) is 4. The minimum absolute atomic E-state index is 0.0405. The summed E-state index contributed by atoms with van der Waals surface area (Å²) in [5.41, 5.74) is 1.32. The number of hydrogen-bond donors (Lipinski definition) is 3. The fourth-order valence-electron chi connectivity index (χ4n) is 5.11. The van der Waals surface area contributed by atoms with Crippen molar-refractivity contribution in [3.63, 3.8) is 0 Å². The number of alkyl halides is 3. The minimum Gasteiger partial charge on any atom is -0.387 e. The zero-order valence-electron chi connectivity index (χ0n) is 19.4. The van der Waals surface area contributed by atoms with E-state index in [2.05, 4.69) is 30.5 Å². The molecule has 0 spiro atoms. The molecule has 1 aliphatic heterocycles. The highest BCUT2D eigenvalue weighted by atomic mass is 32.1. The largest absolute Gasteiger partial charge is 0.416 e. The summed E-state index contributed by atoms with van der Waals surface area (Å²) in [6, 6.07) is 3.76. The third-order valence-corrected chi connectivity index (χ3v) is 7.95. The van der Waals surface area contributed by atoms with Gasteiger partial charge in [0.15, 0.2) is 0 Å². The zero-order chi connectivity index (χ0) is 25.3. The van der Waals surface area contributed by atoms with Gasteiger partial charge in [-0.25, -0.2) is 9.97 Å². The van der Waals surface area contributed by atoms with Crippen LogP contribution in [0.25, 0.3) is 10.9 Å². The lowest BCUT2D eigenvalue weighted by Crippen LogP contribution is -2.63. The molecule has 3 heterocycles. The summed E-state index contributed by atoms with van der Waals surface area (Å²) < 4.78 is 39.3. The maximum absolute atomic E-state index is 13.1. The van der Waals surface area contributed by atoms with Gasteiger partial charge in [0.1, 0.15) is 12.1 Å². The van der Waals surface area contributed by atoms with Crippen LogP contribution < -0.4 is 10.6 Å². The van der Waals surface area contributed by atoms with Crippen molar-refractivity contribution in [3.05, 3.63) is 46.7 Å². The third-order valence-electron chi connectivity index (χ3n) is 7.10. The molecule has 1 saturated carbocycles. The van der Waals surface area contributed by atoms with Gasteiger partial charge < -0.3 is 15.7 Å². The molecule has 2 fully saturated rings. The lowest BCUT2D eigenvalue weighted by atomic mass is 9.81. The van der Waals surface area contributed by atoms with Crippen molar-refractivity contribution in [1.82, 2.24) is 25.2 Å². The number of aliphatic hydroxyl groups excluding tert-OH is 1. The van der Waals surface area contributed by atoms with Crippen LogP contribution in [0.15, 0.2) is 36.2 Å². The number of aromatic nitrogens is 3. The second kappa shape index (κ2) is 10.3. The normalized spacial score (nSPS) is 22.2. The first-order valence-electron chi connectivity index (χ1n) is 11.9. The van der Waals surface area contributed by atoms with Crippen LogP contribution in [0.4, 0.5) is 19.0 Å². The highest BCUT2D eigenvalue weighted by Crippen LogP contribution is 2.38. The lowest BCUT2D eigenvalue weighted by molar-refractivity contribution is -0.137. The number of nitrogens with one attached hydrogen (secondary N) is 2. The molecule has 1 aliphatic carbocycles. The Kier molecular flexibility index (Phi) is 7.09. The van der Waals surface area contributed by atoms with Gasteiger partial charge in [0.2, 0.25) is 5.91 Å². The second-order valence-corrected chi connectivity index (χ2v) is 10.4. The van der Waals surface area contributed by atoms with Crippen LogP contribution in [0.5, 0.6) is 0 Å². The molecule has 5 rings (SSSR count). The average Bonchev–Trinajstić information content (AvgIpc) is 3.38. The molecule has 0 radical (unpaired) electrons. The third kappa shape index (κ3) is 5.45. The fourth-order valence-corrected chi connectivity index (χ4v) is 5.80. The molecule has 1 saturated heterocycles. The molecule has 3 N–H and O–H groups in total. The van der Waals surface area contributed by atoms with E-state index in [1.807, 2.05) is 0 Å². The van der Waals surface area contributed by atoms with Gasteiger partial charge in [0.25, 0.3) is 0 Å². The van der Waals surface area contributed by atoms with E-state index < -0.39 is 17.8 Å². The number of carbonyl (C=O) groups is 1. The van der Waals surface area contributed by atoms with Gasteiger partial charge in [0.05, 0.1) is 40.2 Å². The Bertz CT molecular complexity index is 1190. The Morgan fingerprint density at radius 3 is 2.67 bits per heavy atom. The molecule has 1 aromatic carbocycles. The first kappa shape index (κ1) is 24.8.